The van der Waals surface area contributed by atoms with Crippen LogP contribution < -0.4 is 4.90 Å². The highest BCUT2D eigenvalue weighted by Gasteiger charge is 2.24. The molecule has 0 bridgehead atoms. The fourth-order valence-electron chi connectivity index (χ4n) is 3.26. The summed E-state index contributed by atoms with van der Waals surface area (Å²) in [5.41, 5.74) is 0.281. The van der Waals surface area contributed by atoms with Crippen LogP contribution in [0.25, 0.3) is 0 Å². The van der Waals surface area contributed by atoms with E-state index >= 15 is 0 Å². The first-order valence-electron chi connectivity index (χ1n) is 9.61. The Morgan fingerprint density at radius 1 is 1.12 bits per heavy atom. The number of esters is 1. The third-order valence-corrected chi connectivity index (χ3v) is 5.35. The molecule has 2 aromatic carbocycles. The number of nitro benzene ring substituents is 1. The summed E-state index contributed by atoms with van der Waals surface area (Å²) < 4.78 is 19.3. The molecule has 0 N–H and O–H groups in total. The molecule has 1 saturated heterocycles. The van der Waals surface area contributed by atoms with Crippen molar-refractivity contribution in [1.29, 1.82) is 0 Å². The van der Waals surface area contributed by atoms with Crippen LogP contribution in [0.15, 0.2) is 36.4 Å². The van der Waals surface area contributed by atoms with Crippen LogP contribution >= 0.6 is 11.6 Å². The zero-order chi connectivity index (χ0) is 23.4. The summed E-state index contributed by atoms with van der Waals surface area (Å²) in [6.07, 6.45) is 0. The number of carbonyl (C=O) groups is 3. The number of nitro groups is 1. The first-order valence-corrected chi connectivity index (χ1v) is 9.99. The maximum Gasteiger partial charge on any atom is 0.340 e. The number of Topliss-reactive ketones (excluding diaryl/α,β-unsaturated/α-hetero) is 1. The summed E-state index contributed by atoms with van der Waals surface area (Å²) in [6, 6.07) is 7.60. The normalized spacial score (nSPS) is 13.6. The third kappa shape index (κ3) is 5.20. The number of piperazine rings is 1. The van der Waals surface area contributed by atoms with Crippen LogP contribution in [0.5, 0.6) is 0 Å². The number of amides is 1. The number of anilines is 1. The molecule has 0 radical (unpaired) electrons. The summed E-state index contributed by atoms with van der Waals surface area (Å²) in [7, 11) is 0. The van der Waals surface area contributed by atoms with Crippen LogP contribution in [0.4, 0.5) is 15.8 Å². The minimum Gasteiger partial charge on any atom is -0.452 e. The van der Waals surface area contributed by atoms with E-state index in [1.807, 2.05) is 0 Å². The molecule has 168 valence electrons. The molecule has 1 heterocycles. The molecule has 0 aliphatic carbocycles. The Kier molecular flexibility index (Phi) is 7.04. The van der Waals surface area contributed by atoms with Gasteiger partial charge < -0.3 is 14.5 Å². The van der Waals surface area contributed by atoms with Gasteiger partial charge in [0.2, 0.25) is 0 Å². The topological polar surface area (TPSA) is 110 Å². The van der Waals surface area contributed by atoms with Crippen LogP contribution in [0.2, 0.25) is 5.02 Å². The Balaban J connectivity index is 1.53. The molecule has 1 fully saturated rings. The highest BCUT2D eigenvalue weighted by molar-refractivity contribution is 6.33. The highest BCUT2D eigenvalue weighted by atomic mass is 35.5. The van der Waals surface area contributed by atoms with E-state index in [1.165, 1.54) is 17.9 Å². The molecule has 1 aliphatic rings. The number of ketones is 1. The van der Waals surface area contributed by atoms with E-state index in [0.717, 1.165) is 18.2 Å². The van der Waals surface area contributed by atoms with Crippen molar-refractivity contribution in [1.82, 2.24) is 4.90 Å². The van der Waals surface area contributed by atoms with Crippen molar-refractivity contribution in [3.05, 3.63) is 68.5 Å². The van der Waals surface area contributed by atoms with Crippen molar-refractivity contribution in [3.63, 3.8) is 0 Å². The number of benzene rings is 2. The smallest absolute Gasteiger partial charge is 0.340 e. The number of carbonyl (C=O) groups excluding carboxylic acids is 3. The Morgan fingerprint density at radius 3 is 2.38 bits per heavy atom. The number of rotatable bonds is 6. The van der Waals surface area contributed by atoms with Crippen LogP contribution in [-0.2, 0) is 9.53 Å². The zero-order valence-electron chi connectivity index (χ0n) is 17.0. The summed E-state index contributed by atoms with van der Waals surface area (Å²) in [6.45, 7) is 2.16. The predicted octanol–water partition coefficient (Wildman–Crippen LogP) is 3.10. The average molecular weight is 464 g/mol. The fourth-order valence-corrected chi connectivity index (χ4v) is 3.51. The molecular weight excluding hydrogens is 445 g/mol. The molecule has 11 heteroatoms. The highest BCUT2D eigenvalue weighted by Crippen LogP contribution is 2.24. The molecule has 9 nitrogen and oxygen atoms in total. The Labute approximate surface area is 187 Å². The number of ether oxygens (including phenoxy) is 1. The van der Waals surface area contributed by atoms with Crippen LogP contribution in [0.3, 0.4) is 0 Å². The lowest BCUT2D eigenvalue weighted by atomic mass is 10.1. The molecule has 32 heavy (non-hydrogen) atoms. The Bertz CT molecular complexity index is 1090. The quantitative estimate of drug-likeness (QED) is 0.280. The minimum absolute atomic E-state index is 0.0839. The Hall–Kier alpha value is -3.53. The van der Waals surface area contributed by atoms with Gasteiger partial charge in [-0.05, 0) is 31.2 Å². The predicted molar refractivity (Wildman–Crippen MR) is 114 cm³/mol. The second kappa shape index (κ2) is 9.73. The van der Waals surface area contributed by atoms with E-state index in [2.05, 4.69) is 0 Å². The van der Waals surface area contributed by atoms with Crippen molar-refractivity contribution >= 4 is 40.6 Å². The summed E-state index contributed by atoms with van der Waals surface area (Å²) in [5, 5.41) is 10.6. The lowest BCUT2D eigenvalue weighted by Gasteiger charge is -2.36. The molecule has 2 aromatic rings. The second-order valence-electron chi connectivity index (χ2n) is 7.09. The molecule has 0 spiro atoms. The first kappa shape index (κ1) is 23.1. The van der Waals surface area contributed by atoms with Crippen molar-refractivity contribution in [3.8, 4) is 0 Å². The fraction of sp³-hybridized carbons (Fsp3) is 0.286. The summed E-state index contributed by atoms with van der Waals surface area (Å²) in [4.78, 5) is 49.3. The SMILES string of the molecule is CC(=O)c1ccc(N2CCN(C(=O)COC(=O)c3ccc([N+](=O)[O-])cc3Cl)CC2)c(F)c1. The van der Waals surface area contributed by atoms with Gasteiger partial charge in [-0.15, -0.1) is 0 Å². The van der Waals surface area contributed by atoms with E-state index in [9.17, 15) is 28.9 Å². The van der Waals surface area contributed by atoms with Gasteiger partial charge in [-0.3, -0.25) is 19.7 Å². The summed E-state index contributed by atoms with van der Waals surface area (Å²) in [5.74, 6) is -2.03. The van der Waals surface area contributed by atoms with E-state index in [-0.39, 0.29) is 27.6 Å². The van der Waals surface area contributed by atoms with Gasteiger partial charge in [0, 0.05) is 43.9 Å². The summed E-state index contributed by atoms with van der Waals surface area (Å²) >= 11 is 5.89. The second-order valence-corrected chi connectivity index (χ2v) is 7.49. The largest absolute Gasteiger partial charge is 0.452 e. The van der Waals surface area contributed by atoms with Gasteiger partial charge in [-0.1, -0.05) is 11.6 Å². The van der Waals surface area contributed by atoms with Crippen molar-refractivity contribution in [2.24, 2.45) is 0 Å². The van der Waals surface area contributed by atoms with Crippen molar-refractivity contribution in [2.75, 3.05) is 37.7 Å². The van der Waals surface area contributed by atoms with Crippen molar-refractivity contribution in [2.45, 2.75) is 6.92 Å². The van der Waals surface area contributed by atoms with Gasteiger partial charge in [0.25, 0.3) is 11.6 Å². The van der Waals surface area contributed by atoms with Crippen LogP contribution in [0.1, 0.15) is 27.6 Å². The molecule has 1 aliphatic heterocycles. The lowest BCUT2D eigenvalue weighted by Crippen LogP contribution is -2.50. The van der Waals surface area contributed by atoms with E-state index < -0.39 is 29.2 Å². The number of hydrogen-bond acceptors (Lipinski definition) is 7. The Morgan fingerprint density at radius 2 is 1.81 bits per heavy atom. The van der Waals surface area contributed by atoms with Gasteiger partial charge in [-0.2, -0.15) is 0 Å². The molecule has 1 amide bonds. The number of hydrogen-bond donors (Lipinski definition) is 0. The van der Waals surface area contributed by atoms with Gasteiger partial charge in [-0.25, -0.2) is 9.18 Å². The molecule has 0 unspecified atom stereocenters. The maximum atomic E-state index is 14.3. The standard InChI is InChI=1S/C21H19ClFN3O6/c1-13(27)14-2-5-19(18(23)10-14)24-6-8-25(9-7-24)20(28)12-32-21(29)16-4-3-15(26(30)31)11-17(16)22/h2-5,10-11H,6-9,12H2,1H3. The minimum atomic E-state index is -0.871. The van der Waals surface area contributed by atoms with E-state index in [0.29, 0.717) is 31.9 Å². The van der Waals surface area contributed by atoms with Gasteiger partial charge in [0.15, 0.2) is 12.4 Å². The molecular formula is C21H19ClFN3O6. The molecule has 0 atom stereocenters. The molecule has 0 saturated carbocycles. The van der Waals surface area contributed by atoms with Crippen LogP contribution in [0, 0.1) is 15.9 Å². The van der Waals surface area contributed by atoms with Gasteiger partial charge >= 0.3 is 5.97 Å². The van der Waals surface area contributed by atoms with Gasteiger partial charge in [0.1, 0.15) is 5.82 Å². The number of halogens is 2. The maximum absolute atomic E-state index is 14.3. The zero-order valence-corrected chi connectivity index (χ0v) is 17.8. The lowest BCUT2D eigenvalue weighted by molar-refractivity contribution is -0.384. The monoisotopic (exact) mass is 463 g/mol. The third-order valence-electron chi connectivity index (χ3n) is 5.04. The average Bonchev–Trinajstić information content (AvgIpc) is 2.77. The van der Waals surface area contributed by atoms with Gasteiger partial charge in [0.05, 0.1) is 21.2 Å². The van der Waals surface area contributed by atoms with Crippen molar-refractivity contribution < 1.29 is 28.4 Å². The molecule has 0 aromatic heterocycles. The number of non-ortho nitro benzene ring substituents is 1. The van der Waals surface area contributed by atoms with Crippen LogP contribution in [-0.4, -0.2) is 60.3 Å². The molecule has 3 rings (SSSR count). The number of nitrogens with zero attached hydrogens (tertiary/aromatic N) is 3. The van der Waals surface area contributed by atoms with E-state index in [4.69, 9.17) is 16.3 Å². The van der Waals surface area contributed by atoms with E-state index in [1.54, 1.807) is 17.0 Å². The first-order chi connectivity index (χ1) is 15.2.